The maximum absolute atomic E-state index is 14.1. The molecule has 0 radical (unpaired) electrons. The van der Waals surface area contributed by atoms with Crippen molar-refractivity contribution in [1.82, 2.24) is 19.1 Å². The molecule has 16 heteroatoms. The molecule has 0 saturated carbocycles. The number of ether oxygens (including phenoxy) is 1. The lowest BCUT2D eigenvalue weighted by atomic mass is 10.1. The summed E-state index contributed by atoms with van der Waals surface area (Å²) >= 11 is 13.3. The molecule has 278 valence electrons. The van der Waals surface area contributed by atoms with Crippen LogP contribution in [0.15, 0.2) is 65.6 Å². The second-order valence-electron chi connectivity index (χ2n) is 12.6. The van der Waals surface area contributed by atoms with Gasteiger partial charge in [-0.25, -0.2) is 13.4 Å². The molecule has 6 rings (SSSR count). The van der Waals surface area contributed by atoms with E-state index in [2.05, 4.69) is 4.98 Å². The third-order valence-corrected chi connectivity index (χ3v) is 12.1. The third-order valence-electron chi connectivity index (χ3n) is 9.30. The Balaban J connectivity index is 0.00000302. The molecule has 2 amide bonds. The molecule has 4 aromatic rings. The number of amides is 2. The van der Waals surface area contributed by atoms with Gasteiger partial charge < -0.3 is 20.3 Å². The zero-order chi connectivity index (χ0) is 35.7. The molecular formula is C36H40Cl4N6O5S. The number of nitrogens with one attached hydrogen (secondary N) is 1. The molecule has 1 aromatic heterocycles. The summed E-state index contributed by atoms with van der Waals surface area (Å²) in [6.45, 7) is 5.26. The first kappa shape index (κ1) is 41.1. The Kier molecular flexibility index (Phi) is 13.4. The van der Waals surface area contributed by atoms with Gasteiger partial charge in [0.2, 0.25) is 21.8 Å². The van der Waals surface area contributed by atoms with Crippen molar-refractivity contribution in [2.75, 3.05) is 32.7 Å². The van der Waals surface area contributed by atoms with Crippen LogP contribution in [-0.2, 0) is 32.6 Å². The number of carbonyl (C=O) groups is 2. The third kappa shape index (κ3) is 8.43. The summed E-state index contributed by atoms with van der Waals surface area (Å²) < 4.78 is 35.6. The quantitative estimate of drug-likeness (QED) is 0.157. The van der Waals surface area contributed by atoms with E-state index in [0.29, 0.717) is 61.4 Å². The highest BCUT2D eigenvalue weighted by molar-refractivity contribution is 7.89. The molecule has 0 spiro atoms. The highest BCUT2D eigenvalue weighted by atomic mass is 35.5. The number of carbonyl (C=O) groups excluding carboxylic acids is 2. The first-order valence-electron chi connectivity index (χ1n) is 16.3. The summed E-state index contributed by atoms with van der Waals surface area (Å²) in [5.41, 5.74) is 9.80. The minimum atomic E-state index is -4.20. The van der Waals surface area contributed by atoms with Gasteiger partial charge in [0.1, 0.15) is 34.6 Å². The predicted octanol–water partition coefficient (Wildman–Crippen LogP) is 5.93. The van der Waals surface area contributed by atoms with E-state index in [1.807, 2.05) is 32.0 Å². The molecule has 0 aliphatic carbocycles. The Morgan fingerprint density at radius 3 is 2.31 bits per heavy atom. The maximum atomic E-state index is 14.1. The molecule has 2 saturated heterocycles. The number of halogens is 4. The molecule has 1 atom stereocenters. The van der Waals surface area contributed by atoms with Crippen LogP contribution in [0.1, 0.15) is 40.8 Å². The summed E-state index contributed by atoms with van der Waals surface area (Å²) in [5.74, 6) is 0.117. The summed E-state index contributed by atoms with van der Waals surface area (Å²) in [7, 11) is -4.20. The van der Waals surface area contributed by atoms with Crippen molar-refractivity contribution < 1.29 is 22.7 Å². The van der Waals surface area contributed by atoms with E-state index in [0.717, 1.165) is 22.2 Å². The number of fused-ring (bicyclic) bond motifs is 1. The van der Waals surface area contributed by atoms with Crippen LogP contribution in [0.3, 0.4) is 0 Å². The van der Waals surface area contributed by atoms with E-state index in [-0.39, 0.29) is 77.0 Å². The van der Waals surface area contributed by atoms with Crippen LogP contribution in [0.5, 0.6) is 5.75 Å². The topological polar surface area (TPSA) is 150 Å². The van der Waals surface area contributed by atoms with Crippen LogP contribution in [-0.4, -0.2) is 83.9 Å². The van der Waals surface area contributed by atoms with Crippen molar-refractivity contribution in [3.8, 4) is 5.75 Å². The highest BCUT2D eigenvalue weighted by Crippen LogP contribution is 2.37. The van der Waals surface area contributed by atoms with Gasteiger partial charge >= 0.3 is 0 Å². The second kappa shape index (κ2) is 17.0. The maximum Gasteiger partial charge on any atom is 0.245 e. The number of piperazine rings is 1. The molecule has 0 unspecified atom stereocenters. The van der Waals surface area contributed by atoms with Crippen molar-refractivity contribution in [3.63, 3.8) is 0 Å². The highest BCUT2D eigenvalue weighted by Gasteiger charge is 2.43. The lowest BCUT2D eigenvalue weighted by Gasteiger charge is -2.37. The average Bonchev–Trinajstić information content (AvgIpc) is 3.59. The number of rotatable bonds is 9. The number of hydrogen-bond acceptors (Lipinski definition) is 7. The standard InChI is InChI=1S/C36H38Cl2N6O5S.2ClH/c1-22-19-23(2)41-34-26(22)5-3-7-30(34)49-21-27-28(37)12-13-31(33(27)38)50(47,48)44-14-4-6-29(44)36(46)43-17-15-42(16-18-43)32(45)20-24-8-10-25(11-9-24)35(39)40;;/h3,5,7-13,19,29H,4,6,14-18,20-21H2,1-2H3,(H3,39,40);2*1H/t29-;;/m0../s1. The Hall–Kier alpha value is -3.65. The predicted molar refractivity (Wildman–Crippen MR) is 208 cm³/mol. The van der Waals surface area contributed by atoms with E-state index in [4.69, 9.17) is 39.1 Å². The molecule has 11 nitrogen and oxygen atoms in total. The molecule has 52 heavy (non-hydrogen) atoms. The zero-order valence-corrected chi connectivity index (χ0v) is 32.6. The van der Waals surface area contributed by atoms with Gasteiger partial charge in [0.05, 0.1) is 11.4 Å². The van der Waals surface area contributed by atoms with Crippen LogP contribution in [0.4, 0.5) is 0 Å². The number of benzene rings is 3. The van der Waals surface area contributed by atoms with Gasteiger partial charge in [0.15, 0.2) is 0 Å². The molecular weight excluding hydrogens is 770 g/mol. The number of hydrogen-bond donors (Lipinski definition) is 2. The zero-order valence-electron chi connectivity index (χ0n) is 28.6. The summed E-state index contributed by atoms with van der Waals surface area (Å²) in [5, 5.41) is 8.67. The summed E-state index contributed by atoms with van der Waals surface area (Å²) in [6.07, 6.45) is 1.08. The normalized spacial score (nSPS) is 16.3. The molecule has 2 fully saturated rings. The minimum absolute atomic E-state index is 0. The van der Waals surface area contributed by atoms with Crippen LogP contribution in [0, 0.1) is 19.3 Å². The fourth-order valence-corrected chi connectivity index (χ4v) is 9.12. The average molecular weight is 811 g/mol. The van der Waals surface area contributed by atoms with Crippen molar-refractivity contribution in [2.45, 2.75) is 50.7 Å². The molecule has 0 bridgehead atoms. The van der Waals surface area contributed by atoms with E-state index < -0.39 is 16.1 Å². The van der Waals surface area contributed by atoms with Crippen molar-refractivity contribution in [2.24, 2.45) is 5.73 Å². The summed E-state index contributed by atoms with van der Waals surface area (Å²) in [6, 6.07) is 16.5. The van der Waals surface area contributed by atoms with Gasteiger partial charge in [-0.1, -0.05) is 59.6 Å². The van der Waals surface area contributed by atoms with E-state index in [9.17, 15) is 18.0 Å². The van der Waals surface area contributed by atoms with Gasteiger partial charge in [-0.2, -0.15) is 4.31 Å². The molecule has 3 aromatic carbocycles. The number of pyridine rings is 1. The van der Waals surface area contributed by atoms with E-state index in [1.54, 1.807) is 40.1 Å². The fourth-order valence-electron chi connectivity index (χ4n) is 6.61. The number of aromatic nitrogens is 1. The molecule has 3 N–H and O–H groups in total. The molecule has 2 aliphatic rings. The molecule has 2 aliphatic heterocycles. The van der Waals surface area contributed by atoms with Crippen molar-refractivity contribution in [3.05, 3.63) is 98.7 Å². The van der Waals surface area contributed by atoms with Gasteiger partial charge in [-0.3, -0.25) is 15.0 Å². The Labute approximate surface area is 325 Å². The number of sulfonamides is 1. The van der Waals surface area contributed by atoms with Crippen LogP contribution in [0.25, 0.3) is 10.9 Å². The fraction of sp³-hybridized carbons (Fsp3) is 0.333. The van der Waals surface area contributed by atoms with Gasteiger partial charge in [0, 0.05) is 60.0 Å². The van der Waals surface area contributed by atoms with E-state index >= 15 is 0 Å². The second-order valence-corrected chi connectivity index (χ2v) is 15.3. The first-order valence-corrected chi connectivity index (χ1v) is 18.5. The van der Waals surface area contributed by atoms with Crippen LogP contribution < -0.4 is 10.5 Å². The smallest absolute Gasteiger partial charge is 0.245 e. The van der Waals surface area contributed by atoms with Gasteiger partial charge in [-0.15, -0.1) is 24.8 Å². The Bertz CT molecular complexity index is 2090. The van der Waals surface area contributed by atoms with E-state index in [1.165, 1.54) is 16.4 Å². The van der Waals surface area contributed by atoms with Crippen molar-refractivity contribution in [1.29, 1.82) is 5.41 Å². The number of amidine groups is 1. The van der Waals surface area contributed by atoms with Gasteiger partial charge in [0.25, 0.3) is 0 Å². The van der Waals surface area contributed by atoms with Crippen molar-refractivity contribution >= 4 is 86.6 Å². The minimum Gasteiger partial charge on any atom is -0.487 e. The van der Waals surface area contributed by atoms with Gasteiger partial charge in [-0.05, 0) is 62.1 Å². The Morgan fingerprint density at radius 2 is 1.63 bits per heavy atom. The van der Waals surface area contributed by atoms with Crippen LogP contribution in [0.2, 0.25) is 10.0 Å². The lowest BCUT2D eigenvalue weighted by molar-refractivity contribution is -0.141. The van der Waals surface area contributed by atoms with Crippen LogP contribution >= 0.6 is 48.0 Å². The first-order chi connectivity index (χ1) is 23.8. The number of para-hydroxylation sites is 1. The largest absolute Gasteiger partial charge is 0.487 e. The number of nitrogens with zero attached hydrogens (tertiary/aromatic N) is 4. The monoisotopic (exact) mass is 808 g/mol. The number of nitrogens with two attached hydrogens (primary N) is 1. The summed E-state index contributed by atoms with van der Waals surface area (Å²) in [4.78, 5) is 34.6. The Morgan fingerprint density at radius 1 is 0.962 bits per heavy atom. The lowest BCUT2D eigenvalue weighted by Crippen LogP contribution is -2.55. The number of nitrogen functional groups attached to an aromatic ring is 1. The SMILES string of the molecule is Cc1cc(C)c2cccc(OCc3c(Cl)ccc(S(=O)(=O)N4CCC[C@H]4C(=O)N4CCN(C(=O)Cc5ccc(C(=N)N)cc5)CC4)c3Cl)c2n1.Cl.Cl. The number of aryl methyl sites for hydroxylation is 2. The molecule has 3 heterocycles.